The molecule has 3 aromatic rings. The van der Waals surface area contributed by atoms with Crippen LogP contribution in [0.2, 0.25) is 0 Å². The van der Waals surface area contributed by atoms with Crippen molar-refractivity contribution in [3.63, 3.8) is 0 Å². The third-order valence-corrected chi connectivity index (χ3v) is 5.53. The minimum atomic E-state index is -0.0730. The predicted octanol–water partition coefficient (Wildman–Crippen LogP) is 2.76. The Labute approximate surface area is 191 Å². The monoisotopic (exact) mass is 449 g/mol. The van der Waals surface area contributed by atoms with Crippen molar-refractivity contribution in [2.24, 2.45) is 10.8 Å². The van der Waals surface area contributed by atoms with E-state index in [-0.39, 0.29) is 5.43 Å². The number of hydrogen-bond acceptors (Lipinski definition) is 8. The van der Waals surface area contributed by atoms with Crippen LogP contribution in [0.15, 0.2) is 58.6 Å². The summed E-state index contributed by atoms with van der Waals surface area (Å²) in [5.41, 5.74) is 8.84. The number of hydrogen-bond donors (Lipinski definition) is 2. The number of nitrogens with one attached hydrogen (secondary N) is 1. The molecular formula is C24H27N5O4. The molecule has 0 amide bonds. The summed E-state index contributed by atoms with van der Waals surface area (Å²) < 4.78 is 16.1. The van der Waals surface area contributed by atoms with Gasteiger partial charge in [-0.15, -0.1) is 0 Å². The summed E-state index contributed by atoms with van der Waals surface area (Å²) >= 11 is 0. The van der Waals surface area contributed by atoms with Gasteiger partial charge in [0.2, 0.25) is 0 Å². The van der Waals surface area contributed by atoms with Crippen molar-refractivity contribution >= 4 is 34.8 Å². The maximum Gasteiger partial charge on any atom is 0.191 e. The van der Waals surface area contributed by atoms with Gasteiger partial charge in [-0.2, -0.15) is 5.10 Å². The Morgan fingerprint density at radius 1 is 1.18 bits per heavy atom. The lowest BCUT2D eigenvalue weighted by atomic mass is 10.1. The van der Waals surface area contributed by atoms with Crippen LogP contribution in [0.25, 0.3) is 16.6 Å². The van der Waals surface area contributed by atoms with E-state index in [9.17, 15) is 4.79 Å². The van der Waals surface area contributed by atoms with Crippen molar-refractivity contribution in [1.29, 1.82) is 0 Å². The van der Waals surface area contributed by atoms with Gasteiger partial charge in [-0.3, -0.25) is 4.79 Å². The van der Waals surface area contributed by atoms with Crippen LogP contribution in [0.5, 0.6) is 11.5 Å². The van der Waals surface area contributed by atoms with Gasteiger partial charge in [-0.1, -0.05) is 12.1 Å². The first-order chi connectivity index (χ1) is 16.0. The van der Waals surface area contributed by atoms with Gasteiger partial charge in [0, 0.05) is 55.0 Å². The quantitative estimate of drug-likeness (QED) is 0.422. The van der Waals surface area contributed by atoms with E-state index in [0.29, 0.717) is 65.7 Å². The van der Waals surface area contributed by atoms with Crippen molar-refractivity contribution < 1.29 is 14.2 Å². The zero-order valence-corrected chi connectivity index (χ0v) is 18.7. The number of para-hydroxylation sites is 1. The third-order valence-electron chi connectivity index (χ3n) is 5.53. The molecule has 0 spiro atoms. The maximum atomic E-state index is 12.9. The summed E-state index contributed by atoms with van der Waals surface area (Å²) in [4.78, 5) is 18.4. The number of hydrazone groups is 1. The molecule has 2 heterocycles. The highest BCUT2D eigenvalue weighted by Crippen LogP contribution is 2.30. The van der Waals surface area contributed by atoms with Crippen molar-refractivity contribution in [3.05, 3.63) is 64.5 Å². The second-order valence-electron chi connectivity index (χ2n) is 7.49. The number of nitrogens with zero attached hydrogens (tertiary/aromatic N) is 3. The number of morpholine rings is 1. The maximum absolute atomic E-state index is 12.9. The Morgan fingerprint density at radius 2 is 1.88 bits per heavy atom. The van der Waals surface area contributed by atoms with Gasteiger partial charge in [-0.05, 0) is 6.07 Å². The second-order valence-corrected chi connectivity index (χ2v) is 7.49. The molecule has 172 valence electrons. The Hall–Kier alpha value is -3.98. The van der Waals surface area contributed by atoms with E-state index in [2.05, 4.69) is 21.7 Å². The van der Waals surface area contributed by atoms with E-state index in [4.69, 9.17) is 19.9 Å². The Balaban J connectivity index is 1.78. The summed E-state index contributed by atoms with van der Waals surface area (Å²) in [6.45, 7) is 6.32. The number of nitrogens with two attached hydrogens (primary N) is 1. The highest BCUT2D eigenvalue weighted by atomic mass is 16.5. The van der Waals surface area contributed by atoms with Crippen molar-refractivity contribution in [2.45, 2.75) is 0 Å². The normalized spacial score (nSPS) is 14.2. The topological polar surface area (TPSA) is 105 Å². The number of aromatic amines is 1. The van der Waals surface area contributed by atoms with Crippen molar-refractivity contribution in [2.75, 3.05) is 50.4 Å². The number of H-pyrrole nitrogens is 1. The molecule has 0 radical (unpaired) electrons. The van der Waals surface area contributed by atoms with E-state index >= 15 is 0 Å². The van der Waals surface area contributed by atoms with E-state index in [1.807, 2.05) is 12.1 Å². The number of pyridine rings is 1. The minimum Gasteiger partial charge on any atom is -0.497 e. The van der Waals surface area contributed by atoms with Gasteiger partial charge in [0.05, 0.1) is 50.5 Å². The van der Waals surface area contributed by atoms with Gasteiger partial charge in [-0.25, -0.2) is 5.01 Å². The highest BCUT2D eigenvalue weighted by molar-refractivity contribution is 5.91. The molecular weight excluding hydrogens is 422 g/mol. The molecule has 1 aliphatic rings. The molecule has 3 N–H and O–H groups in total. The Morgan fingerprint density at radius 3 is 2.52 bits per heavy atom. The fraction of sp³-hybridized carbons (Fsp3) is 0.250. The van der Waals surface area contributed by atoms with Gasteiger partial charge in [0.25, 0.3) is 0 Å². The second kappa shape index (κ2) is 9.66. The largest absolute Gasteiger partial charge is 0.497 e. The van der Waals surface area contributed by atoms with E-state index in [1.54, 1.807) is 50.8 Å². The van der Waals surface area contributed by atoms with Gasteiger partial charge >= 0.3 is 0 Å². The summed E-state index contributed by atoms with van der Waals surface area (Å²) in [6.07, 6.45) is 1.65. The molecule has 1 saturated heterocycles. The number of benzene rings is 2. The van der Waals surface area contributed by atoms with E-state index in [1.165, 1.54) is 5.01 Å². The van der Waals surface area contributed by atoms with Gasteiger partial charge in [0.15, 0.2) is 5.43 Å². The molecule has 0 bridgehead atoms. The molecule has 9 heteroatoms. The Kier molecular flexibility index (Phi) is 6.50. The minimum absolute atomic E-state index is 0.0730. The summed E-state index contributed by atoms with van der Waals surface area (Å²) in [5.74, 6) is 1.96. The number of anilines is 2. The standard InChI is InChI=1S/C24H27N5O4/c1-26-29(16-11-17(31-2)13-18(12-16)32-3)15-21(25)19-5-4-6-20-22(30)14-23(27-24(19)20)28-7-9-33-10-8-28/h4-6,11-15H,1,7-10,25H2,2-3H3,(H,27,30)/b21-15-. The van der Waals surface area contributed by atoms with Crippen molar-refractivity contribution in [1.82, 2.24) is 4.98 Å². The average molecular weight is 450 g/mol. The van der Waals surface area contributed by atoms with Crippen LogP contribution < -0.4 is 30.5 Å². The molecule has 0 unspecified atom stereocenters. The zero-order valence-electron chi connectivity index (χ0n) is 18.7. The highest BCUT2D eigenvalue weighted by Gasteiger charge is 2.16. The number of fused-ring (bicyclic) bond motifs is 1. The summed E-state index contributed by atoms with van der Waals surface area (Å²) in [6, 6.07) is 12.4. The fourth-order valence-corrected chi connectivity index (χ4v) is 3.80. The summed E-state index contributed by atoms with van der Waals surface area (Å²) in [7, 11) is 3.15. The molecule has 1 fully saturated rings. The van der Waals surface area contributed by atoms with Gasteiger partial charge < -0.3 is 29.8 Å². The zero-order chi connectivity index (χ0) is 23.4. The van der Waals surface area contributed by atoms with Crippen LogP contribution in [-0.2, 0) is 4.74 Å². The molecule has 1 aromatic heterocycles. The predicted molar refractivity (Wildman–Crippen MR) is 131 cm³/mol. The first-order valence-corrected chi connectivity index (χ1v) is 10.5. The molecule has 0 saturated carbocycles. The molecule has 0 atom stereocenters. The van der Waals surface area contributed by atoms with Gasteiger partial charge in [0.1, 0.15) is 17.3 Å². The van der Waals surface area contributed by atoms with Crippen molar-refractivity contribution in [3.8, 4) is 11.5 Å². The van der Waals surface area contributed by atoms with Crippen LogP contribution in [0, 0.1) is 0 Å². The summed E-state index contributed by atoms with van der Waals surface area (Å²) in [5, 5.41) is 6.17. The smallest absolute Gasteiger partial charge is 0.191 e. The van der Waals surface area contributed by atoms with Crippen LogP contribution in [-0.4, -0.2) is 52.2 Å². The van der Waals surface area contributed by atoms with E-state index < -0.39 is 0 Å². The molecule has 1 aliphatic heterocycles. The number of aromatic nitrogens is 1. The van der Waals surface area contributed by atoms with Crippen LogP contribution in [0.1, 0.15) is 5.56 Å². The molecule has 33 heavy (non-hydrogen) atoms. The van der Waals surface area contributed by atoms with Crippen LogP contribution in [0.4, 0.5) is 11.5 Å². The molecule has 2 aromatic carbocycles. The molecule has 4 rings (SSSR count). The first-order valence-electron chi connectivity index (χ1n) is 10.5. The lowest BCUT2D eigenvalue weighted by Gasteiger charge is -2.28. The lowest BCUT2D eigenvalue weighted by molar-refractivity contribution is 0.122. The number of ether oxygens (including phenoxy) is 3. The first kappa shape index (κ1) is 22.2. The third kappa shape index (κ3) is 4.63. The van der Waals surface area contributed by atoms with Crippen LogP contribution in [0.3, 0.4) is 0 Å². The average Bonchev–Trinajstić information content (AvgIpc) is 2.86. The fourth-order valence-electron chi connectivity index (χ4n) is 3.80. The van der Waals surface area contributed by atoms with Crippen LogP contribution >= 0.6 is 0 Å². The van der Waals surface area contributed by atoms with E-state index in [0.717, 1.165) is 5.82 Å². The SMILES string of the molecule is C=NN(/C=C(\N)c1cccc2c(=O)cc(N3CCOCC3)[nH]c12)c1cc(OC)cc(OC)c1. The number of rotatable bonds is 7. The molecule has 0 aliphatic carbocycles. The molecule has 9 nitrogen and oxygen atoms in total. The number of methoxy groups -OCH3 is 2. The Bertz CT molecular complexity index is 1230. The lowest BCUT2D eigenvalue weighted by Crippen LogP contribution is -2.37.